The largest absolute Gasteiger partial charge is 0.487 e. The van der Waals surface area contributed by atoms with Crippen molar-refractivity contribution < 1.29 is 13.2 Å². The average molecular weight is 400 g/mol. The van der Waals surface area contributed by atoms with Crippen LogP contribution in [-0.4, -0.2) is 18.8 Å². The zero-order valence-corrected chi connectivity index (χ0v) is 18.0. The molecular formula is C23H29NO3S. The molecule has 3 rings (SSSR count). The van der Waals surface area contributed by atoms with Gasteiger partial charge in [-0.2, -0.15) is 0 Å². The monoisotopic (exact) mass is 399 g/mol. The second kappa shape index (κ2) is 8.00. The molecule has 0 radical (unpaired) electrons. The maximum atomic E-state index is 13.5. The van der Waals surface area contributed by atoms with E-state index in [1.165, 1.54) is 4.31 Å². The van der Waals surface area contributed by atoms with E-state index in [1.54, 1.807) is 18.3 Å². The molecule has 2 atom stereocenters. The average Bonchev–Trinajstić information content (AvgIpc) is 2.63. The number of benzene rings is 2. The lowest BCUT2D eigenvalue weighted by atomic mass is 9.93. The van der Waals surface area contributed by atoms with Gasteiger partial charge in [0.1, 0.15) is 11.9 Å². The Kier molecular flexibility index (Phi) is 5.84. The predicted octanol–water partition coefficient (Wildman–Crippen LogP) is 5.34. The van der Waals surface area contributed by atoms with Gasteiger partial charge in [0, 0.05) is 0 Å². The number of nitrogens with zero attached hydrogens (tertiary/aromatic N) is 1. The van der Waals surface area contributed by atoms with Crippen molar-refractivity contribution in [3.8, 4) is 0 Å². The molecule has 1 heterocycles. The second-order valence-corrected chi connectivity index (χ2v) is 9.88. The van der Waals surface area contributed by atoms with Gasteiger partial charge in [0.05, 0.1) is 17.1 Å². The third-order valence-corrected chi connectivity index (χ3v) is 6.81. The molecule has 1 aliphatic heterocycles. The molecule has 5 heteroatoms. The molecule has 150 valence electrons. The van der Waals surface area contributed by atoms with Gasteiger partial charge in [-0.1, -0.05) is 61.4 Å². The Hall–Kier alpha value is -2.27. The molecule has 0 unspecified atom stereocenters. The Morgan fingerprint density at radius 1 is 0.929 bits per heavy atom. The molecule has 0 saturated carbocycles. The summed E-state index contributed by atoms with van der Waals surface area (Å²) in [4.78, 5) is 0.306. The fourth-order valence-corrected chi connectivity index (χ4v) is 5.12. The van der Waals surface area contributed by atoms with Crippen molar-refractivity contribution in [3.63, 3.8) is 0 Å². The first-order valence-corrected chi connectivity index (χ1v) is 11.1. The second-order valence-electron chi connectivity index (χ2n) is 8.03. The molecular weight excluding hydrogens is 370 g/mol. The van der Waals surface area contributed by atoms with Gasteiger partial charge in [-0.05, 0) is 50.8 Å². The van der Waals surface area contributed by atoms with Crippen molar-refractivity contribution in [2.45, 2.75) is 58.1 Å². The Morgan fingerprint density at radius 2 is 1.46 bits per heavy atom. The molecule has 0 saturated heterocycles. The fourth-order valence-electron chi connectivity index (χ4n) is 3.55. The van der Waals surface area contributed by atoms with E-state index in [-0.39, 0.29) is 12.1 Å². The minimum atomic E-state index is -3.68. The minimum absolute atomic E-state index is 0.306. The molecule has 0 spiro atoms. The Balaban J connectivity index is 2.07. The van der Waals surface area contributed by atoms with Crippen LogP contribution in [0.1, 0.15) is 50.0 Å². The SMILES string of the molecule is CC1=CN(S(=O)(=O)c2ccc(C)cc2)[C@@H](CC(C)C)[C@@H](c2ccc(C)cc2)O1. The molecule has 0 aliphatic carbocycles. The van der Waals surface area contributed by atoms with Crippen LogP contribution in [0, 0.1) is 19.8 Å². The third kappa shape index (κ3) is 4.25. The van der Waals surface area contributed by atoms with Crippen LogP contribution in [0.3, 0.4) is 0 Å². The van der Waals surface area contributed by atoms with E-state index in [0.717, 1.165) is 16.7 Å². The maximum Gasteiger partial charge on any atom is 0.264 e. The van der Waals surface area contributed by atoms with Crippen LogP contribution in [0.4, 0.5) is 0 Å². The van der Waals surface area contributed by atoms with Crippen LogP contribution in [0.2, 0.25) is 0 Å². The minimum Gasteiger partial charge on any atom is -0.487 e. The van der Waals surface area contributed by atoms with E-state index in [2.05, 4.69) is 13.8 Å². The van der Waals surface area contributed by atoms with Gasteiger partial charge in [-0.3, -0.25) is 4.31 Å². The molecule has 2 aromatic carbocycles. The van der Waals surface area contributed by atoms with Crippen molar-refractivity contribution >= 4 is 10.0 Å². The van der Waals surface area contributed by atoms with Crippen molar-refractivity contribution in [3.05, 3.63) is 77.2 Å². The molecule has 2 aromatic rings. The Labute approximate surface area is 168 Å². The lowest BCUT2D eigenvalue weighted by Gasteiger charge is -2.40. The number of rotatable bonds is 5. The van der Waals surface area contributed by atoms with Crippen LogP contribution < -0.4 is 0 Å². The molecule has 0 amide bonds. The molecule has 0 N–H and O–H groups in total. The third-order valence-electron chi connectivity index (χ3n) is 5.01. The standard InChI is InChI=1S/C23H29NO3S/c1-16(2)14-22-23(20-10-6-17(3)7-11-20)27-19(5)15-24(22)28(25,26)21-12-8-18(4)9-13-21/h6-13,15-16,22-23H,14H2,1-5H3/t22-,23+/m0/s1. The molecule has 4 nitrogen and oxygen atoms in total. The summed E-state index contributed by atoms with van der Waals surface area (Å²) in [6.07, 6.45) is 1.99. The summed E-state index contributed by atoms with van der Waals surface area (Å²) >= 11 is 0. The zero-order chi connectivity index (χ0) is 20.5. The van der Waals surface area contributed by atoms with Gasteiger partial charge in [-0.25, -0.2) is 8.42 Å². The van der Waals surface area contributed by atoms with Crippen LogP contribution >= 0.6 is 0 Å². The number of hydrogen-bond donors (Lipinski definition) is 0. The quantitative estimate of drug-likeness (QED) is 0.682. The van der Waals surface area contributed by atoms with Gasteiger partial charge in [0.15, 0.2) is 0 Å². The lowest BCUT2D eigenvalue weighted by Crippen LogP contribution is -2.44. The molecule has 0 aromatic heterocycles. The maximum absolute atomic E-state index is 13.5. The van der Waals surface area contributed by atoms with Crippen LogP contribution in [0.15, 0.2) is 65.4 Å². The number of allylic oxidation sites excluding steroid dienone is 1. The lowest BCUT2D eigenvalue weighted by molar-refractivity contribution is 0.0300. The summed E-state index contributed by atoms with van der Waals surface area (Å²) in [6.45, 7) is 10.0. The summed E-state index contributed by atoms with van der Waals surface area (Å²) in [5, 5.41) is 0. The Morgan fingerprint density at radius 3 is 2.00 bits per heavy atom. The zero-order valence-electron chi connectivity index (χ0n) is 17.2. The molecule has 28 heavy (non-hydrogen) atoms. The highest BCUT2D eigenvalue weighted by molar-refractivity contribution is 7.89. The van der Waals surface area contributed by atoms with E-state index in [4.69, 9.17) is 4.74 Å². The van der Waals surface area contributed by atoms with E-state index in [1.807, 2.05) is 57.2 Å². The van der Waals surface area contributed by atoms with Gasteiger partial charge in [0.2, 0.25) is 0 Å². The van der Waals surface area contributed by atoms with E-state index >= 15 is 0 Å². The fraction of sp³-hybridized carbons (Fsp3) is 0.391. The summed E-state index contributed by atoms with van der Waals surface area (Å²) < 4.78 is 34.7. The smallest absolute Gasteiger partial charge is 0.264 e. The van der Waals surface area contributed by atoms with Crippen LogP contribution in [0.25, 0.3) is 0 Å². The van der Waals surface area contributed by atoms with E-state index in [0.29, 0.717) is 23.0 Å². The first-order valence-electron chi connectivity index (χ1n) is 9.70. The number of aryl methyl sites for hydroxylation is 2. The molecule has 0 bridgehead atoms. The van der Waals surface area contributed by atoms with Crippen molar-refractivity contribution in [1.82, 2.24) is 4.31 Å². The van der Waals surface area contributed by atoms with Gasteiger partial charge in [0.25, 0.3) is 10.0 Å². The summed E-state index contributed by atoms with van der Waals surface area (Å²) in [6, 6.07) is 14.9. The first-order chi connectivity index (χ1) is 13.2. The van der Waals surface area contributed by atoms with Gasteiger partial charge >= 0.3 is 0 Å². The van der Waals surface area contributed by atoms with Crippen LogP contribution in [0.5, 0.6) is 0 Å². The van der Waals surface area contributed by atoms with Crippen molar-refractivity contribution in [2.75, 3.05) is 0 Å². The first kappa shape index (κ1) is 20.5. The van der Waals surface area contributed by atoms with E-state index in [9.17, 15) is 8.42 Å². The summed E-state index contributed by atoms with van der Waals surface area (Å²) in [5.74, 6) is 0.922. The number of sulfonamides is 1. The Bertz CT molecular complexity index is 944. The van der Waals surface area contributed by atoms with Gasteiger partial charge < -0.3 is 4.74 Å². The highest BCUT2D eigenvalue weighted by Gasteiger charge is 2.39. The summed E-state index contributed by atoms with van der Waals surface area (Å²) in [5.41, 5.74) is 3.19. The predicted molar refractivity (Wildman–Crippen MR) is 112 cm³/mol. The van der Waals surface area contributed by atoms with E-state index < -0.39 is 10.0 Å². The van der Waals surface area contributed by atoms with Gasteiger partial charge in [-0.15, -0.1) is 0 Å². The molecule has 1 aliphatic rings. The molecule has 0 fully saturated rings. The van der Waals surface area contributed by atoms with Crippen molar-refractivity contribution in [2.24, 2.45) is 5.92 Å². The van der Waals surface area contributed by atoms with Crippen LogP contribution in [-0.2, 0) is 14.8 Å². The normalized spacial score (nSPS) is 20.1. The van der Waals surface area contributed by atoms with Crippen molar-refractivity contribution in [1.29, 1.82) is 0 Å². The highest BCUT2D eigenvalue weighted by atomic mass is 32.2. The topological polar surface area (TPSA) is 46.6 Å². The summed E-state index contributed by atoms with van der Waals surface area (Å²) in [7, 11) is -3.68. The number of ether oxygens (including phenoxy) is 1. The highest BCUT2D eigenvalue weighted by Crippen LogP contribution is 2.38. The number of hydrogen-bond acceptors (Lipinski definition) is 3.